The maximum absolute atomic E-state index is 12.1. The van der Waals surface area contributed by atoms with E-state index < -0.39 is 11.0 Å². The maximum atomic E-state index is 12.1. The third-order valence-electron chi connectivity index (χ3n) is 4.45. The monoisotopic (exact) mass is 287 g/mol. The van der Waals surface area contributed by atoms with Gasteiger partial charge in [-0.15, -0.1) is 0 Å². The maximum Gasteiger partial charge on any atom is 0.306 e. The van der Waals surface area contributed by atoms with Crippen molar-refractivity contribution < 1.29 is 14.6 Å². The van der Waals surface area contributed by atoms with Crippen molar-refractivity contribution in [1.82, 2.24) is 0 Å². The fourth-order valence-electron chi connectivity index (χ4n) is 3.35. The molecule has 0 heterocycles. The van der Waals surface area contributed by atoms with Crippen LogP contribution in [0.25, 0.3) is 0 Å². The van der Waals surface area contributed by atoms with Gasteiger partial charge in [0.05, 0.1) is 19.1 Å². The molecule has 2 rings (SSSR count). The lowest BCUT2D eigenvalue weighted by Crippen LogP contribution is -2.54. The summed E-state index contributed by atoms with van der Waals surface area (Å²) >= 11 is 0. The molecule has 0 saturated heterocycles. The number of benzene rings is 1. The normalized spacial score (nSPS) is 28.6. The number of nitrogens with zero attached hydrogens (tertiary/aromatic N) is 1. The third kappa shape index (κ3) is 2.79. The lowest BCUT2D eigenvalue weighted by atomic mass is 9.58. The van der Waals surface area contributed by atoms with Crippen LogP contribution >= 0.6 is 0 Å². The summed E-state index contributed by atoms with van der Waals surface area (Å²) in [6.07, 6.45) is 2.71. The van der Waals surface area contributed by atoms with Crippen molar-refractivity contribution in [2.75, 3.05) is 6.61 Å². The Morgan fingerprint density at radius 3 is 2.62 bits per heavy atom. The summed E-state index contributed by atoms with van der Waals surface area (Å²) in [7, 11) is 0. The van der Waals surface area contributed by atoms with Crippen molar-refractivity contribution in [3.05, 3.63) is 35.9 Å². The van der Waals surface area contributed by atoms with E-state index in [2.05, 4.69) is 6.07 Å². The van der Waals surface area contributed by atoms with E-state index in [1.165, 1.54) is 0 Å². The smallest absolute Gasteiger partial charge is 0.306 e. The van der Waals surface area contributed by atoms with E-state index in [4.69, 9.17) is 4.74 Å². The molecular weight excluding hydrogens is 266 g/mol. The number of aliphatic hydroxyl groups is 1. The first-order valence-corrected chi connectivity index (χ1v) is 7.43. The highest BCUT2D eigenvalue weighted by Crippen LogP contribution is 2.48. The highest BCUT2D eigenvalue weighted by molar-refractivity contribution is 5.72. The van der Waals surface area contributed by atoms with Crippen LogP contribution in [-0.4, -0.2) is 23.3 Å². The van der Waals surface area contributed by atoms with E-state index in [9.17, 15) is 15.2 Å². The van der Waals surface area contributed by atoms with Gasteiger partial charge in [-0.1, -0.05) is 36.8 Å². The Morgan fingerprint density at radius 2 is 2.00 bits per heavy atom. The lowest BCUT2D eigenvalue weighted by Gasteiger charge is -2.46. The fraction of sp³-hybridized carbons (Fsp3) is 0.529. The lowest BCUT2D eigenvalue weighted by molar-refractivity contribution is -0.148. The molecule has 4 heteroatoms. The molecule has 0 bridgehead atoms. The molecule has 0 amide bonds. The summed E-state index contributed by atoms with van der Waals surface area (Å²) in [5.41, 5.74) is -1.57. The van der Waals surface area contributed by atoms with Crippen LogP contribution in [0.3, 0.4) is 0 Å². The Hall–Kier alpha value is -1.86. The molecular formula is C17H21NO3. The van der Waals surface area contributed by atoms with Crippen molar-refractivity contribution in [2.45, 2.75) is 50.0 Å². The first-order valence-electron chi connectivity index (χ1n) is 7.43. The van der Waals surface area contributed by atoms with Crippen LogP contribution in [0.4, 0.5) is 0 Å². The van der Waals surface area contributed by atoms with Crippen LogP contribution in [-0.2, 0) is 14.9 Å². The molecule has 1 aromatic carbocycles. The summed E-state index contributed by atoms with van der Waals surface area (Å²) in [6.45, 7) is 2.05. The van der Waals surface area contributed by atoms with Gasteiger partial charge in [-0.05, 0) is 31.7 Å². The summed E-state index contributed by atoms with van der Waals surface area (Å²) in [6, 6.07) is 11.5. The van der Waals surface area contributed by atoms with E-state index in [-0.39, 0.29) is 12.4 Å². The topological polar surface area (TPSA) is 70.3 Å². The molecule has 4 nitrogen and oxygen atoms in total. The number of carbonyl (C=O) groups excluding carboxylic acids is 1. The van der Waals surface area contributed by atoms with Crippen molar-refractivity contribution in [2.24, 2.45) is 0 Å². The molecule has 1 aliphatic rings. The van der Waals surface area contributed by atoms with Gasteiger partial charge < -0.3 is 9.84 Å². The van der Waals surface area contributed by atoms with E-state index in [0.29, 0.717) is 19.4 Å². The Morgan fingerprint density at radius 1 is 1.33 bits per heavy atom. The number of hydrogen-bond donors (Lipinski definition) is 1. The average Bonchev–Trinajstić information content (AvgIpc) is 2.51. The number of rotatable bonds is 4. The number of hydrogen-bond acceptors (Lipinski definition) is 4. The van der Waals surface area contributed by atoms with E-state index in [1.807, 2.05) is 30.3 Å². The summed E-state index contributed by atoms with van der Waals surface area (Å²) < 4.78 is 5.07. The number of carbonyl (C=O) groups is 1. The van der Waals surface area contributed by atoms with Gasteiger partial charge in [-0.3, -0.25) is 4.79 Å². The zero-order chi connectivity index (χ0) is 15.3. The van der Waals surface area contributed by atoms with E-state index in [0.717, 1.165) is 18.4 Å². The Labute approximate surface area is 125 Å². The van der Waals surface area contributed by atoms with Gasteiger partial charge in [0.15, 0.2) is 5.60 Å². The molecule has 112 valence electrons. The van der Waals surface area contributed by atoms with Crippen LogP contribution in [0.1, 0.15) is 44.6 Å². The molecule has 1 saturated carbocycles. The van der Waals surface area contributed by atoms with E-state index in [1.54, 1.807) is 6.92 Å². The van der Waals surface area contributed by atoms with Crippen molar-refractivity contribution >= 4 is 5.97 Å². The van der Waals surface area contributed by atoms with Crippen LogP contribution in [0.5, 0.6) is 0 Å². The van der Waals surface area contributed by atoms with Crippen LogP contribution < -0.4 is 0 Å². The number of nitriles is 1. The summed E-state index contributed by atoms with van der Waals surface area (Å²) in [5, 5.41) is 20.4. The standard InChI is InChI=1S/C17H21NO3/c1-2-21-15(19)12-16(14-8-4-3-5-9-14)10-6-7-11-17(16,20)13-18/h3-5,8-9,20H,2,6-7,10-12H2,1H3. The second kappa shape index (κ2) is 6.28. The molecule has 2 atom stereocenters. The Bertz CT molecular complexity index is 537. The predicted molar refractivity (Wildman–Crippen MR) is 78.4 cm³/mol. The first kappa shape index (κ1) is 15.5. The van der Waals surface area contributed by atoms with Crippen LogP contribution in [0.15, 0.2) is 30.3 Å². The van der Waals surface area contributed by atoms with Crippen molar-refractivity contribution in [3.63, 3.8) is 0 Å². The highest BCUT2D eigenvalue weighted by Gasteiger charge is 2.54. The minimum absolute atomic E-state index is 0.0366. The molecule has 21 heavy (non-hydrogen) atoms. The number of esters is 1. The molecule has 1 aliphatic carbocycles. The third-order valence-corrected chi connectivity index (χ3v) is 4.45. The molecule has 1 fully saturated rings. The second-order valence-corrected chi connectivity index (χ2v) is 5.61. The van der Waals surface area contributed by atoms with Gasteiger partial charge in [0.25, 0.3) is 0 Å². The average molecular weight is 287 g/mol. The zero-order valence-corrected chi connectivity index (χ0v) is 12.3. The fourth-order valence-corrected chi connectivity index (χ4v) is 3.35. The molecule has 1 N–H and O–H groups in total. The minimum atomic E-state index is -1.53. The summed E-state index contributed by atoms with van der Waals surface area (Å²) in [5.74, 6) is -0.364. The Kier molecular flexibility index (Phi) is 4.64. The van der Waals surface area contributed by atoms with Gasteiger partial charge in [0.1, 0.15) is 0 Å². The SMILES string of the molecule is CCOC(=O)CC1(c2ccccc2)CCCCC1(O)C#N. The predicted octanol–water partition coefficient (Wildman–Crippen LogP) is 2.71. The molecule has 0 radical (unpaired) electrons. The van der Waals surface area contributed by atoms with Crippen molar-refractivity contribution in [1.29, 1.82) is 5.26 Å². The molecule has 0 aromatic heterocycles. The van der Waals surface area contributed by atoms with Gasteiger partial charge in [-0.2, -0.15) is 5.26 Å². The quantitative estimate of drug-likeness (QED) is 0.683. The van der Waals surface area contributed by atoms with E-state index >= 15 is 0 Å². The summed E-state index contributed by atoms with van der Waals surface area (Å²) in [4.78, 5) is 12.1. The van der Waals surface area contributed by atoms with Gasteiger partial charge in [-0.25, -0.2) is 0 Å². The second-order valence-electron chi connectivity index (χ2n) is 5.61. The zero-order valence-electron chi connectivity index (χ0n) is 12.3. The van der Waals surface area contributed by atoms with Gasteiger partial charge >= 0.3 is 5.97 Å². The van der Waals surface area contributed by atoms with Crippen LogP contribution in [0, 0.1) is 11.3 Å². The largest absolute Gasteiger partial charge is 0.466 e. The van der Waals surface area contributed by atoms with Crippen molar-refractivity contribution in [3.8, 4) is 6.07 Å². The van der Waals surface area contributed by atoms with Gasteiger partial charge in [0, 0.05) is 5.41 Å². The molecule has 0 aliphatic heterocycles. The molecule has 2 unspecified atom stereocenters. The Balaban J connectivity index is 2.48. The minimum Gasteiger partial charge on any atom is -0.466 e. The first-order chi connectivity index (χ1) is 10.1. The molecule has 0 spiro atoms. The van der Waals surface area contributed by atoms with Crippen LogP contribution in [0.2, 0.25) is 0 Å². The molecule has 1 aromatic rings. The number of ether oxygens (including phenoxy) is 1. The highest BCUT2D eigenvalue weighted by atomic mass is 16.5. The van der Waals surface area contributed by atoms with Gasteiger partial charge in [0.2, 0.25) is 0 Å².